The number of nitro groups is 1. The van der Waals surface area contributed by atoms with Crippen LogP contribution in [0.2, 0.25) is 5.02 Å². The third kappa shape index (κ3) is 5.43. The molecule has 1 aromatic heterocycles. The average molecular weight is 595 g/mol. The van der Waals surface area contributed by atoms with E-state index in [0.717, 1.165) is 16.9 Å². The molecule has 0 aliphatic carbocycles. The molecule has 0 unspecified atom stereocenters. The number of non-ortho nitro benzene ring substituents is 1. The molecule has 5 rings (SSSR count). The lowest BCUT2D eigenvalue weighted by Crippen LogP contribution is -2.50. The molecule has 10 nitrogen and oxygen atoms in total. The number of carbonyl (C=O) groups is 1. The third-order valence-electron chi connectivity index (χ3n) is 7.17. The molecule has 1 aliphatic heterocycles. The Hall–Kier alpha value is -4.19. The molecule has 1 saturated heterocycles. The number of piperazine rings is 1. The molecule has 3 aromatic carbocycles. The second-order valence-electron chi connectivity index (χ2n) is 9.49. The second kappa shape index (κ2) is 11.4. The van der Waals surface area contributed by atoms with Crippen molar-refractivity contribution in [3.63, 3.8) is 0 Å². The van der Waals surface area contributed by atoms with E-state index in [0.29, 0.717) is 22.0 Å². The maximum atomic E-state index is 13.8. The maximum Gasteiger partial charge on any atom is 0.269 e. The number of methoxy groups -OCH3 is 1. The Balaban J connectivity index is 1.42. The van der Waals surface area contributed by atoms with E-state index in [1.54, 1.807) is 18.1 Å². The first-order chi connectivity index (χ1) is 19.6. The van der Waals surface area contributed by atoms with Gasteiger partial charge in [0.05, 0.1) is 38.9 Å². The number of carbonyl (C=O) groups excluding carboxylic acids is 1. The number of rotatable bonds is 7. The van der Waals surface area contributed by atoms with Gasteiger partial charge in [-0.2, -0.15) is 4.31 Å². The molecule has 4 aromatic rings. The second-order valence-corrected chi connectivity index (χ2v) is 11.8. The van der Waals surface area contributed by atoms with Gasteiger partial charge in [-0.3, -0.25) is 14.9 Å². The predicted molar refractivity (Wildman–Crippen MR) is 155 cm³/mol. The number of sulfonamides is 1. The standard InChI is InChI=1S/C29H27ClN4O6S/c1-20-25(19-28(21-7-11-23(40-2)12-8-21)33(20)27-6-4-3-5-26(27)30)29(35)31-15-17-32(18-16-31)41(38,39)24-13-9-22(10-14-24)34(36)37/h3-14,19H,15-18H2,1-2H3. The highest BCUT2D eigenvalue weighted by atomic mass is 35.5. The van der Waals surface area contributed by atoms with Crippen molar-refractivity contribution in [3.05, 3.63) is 105 Å². The number of hydrogen-bond acceptors (Lipinski definition) is 6. The summed E-state index contributed by atoms with van der Waals surface area (Å²) < 4.78 is 34.8. The highest BCUT2D eigenvalue weighted by Gasteiger charge is 2.32. The first-order valence-corrected chi connectivity index (χ1v) is 14.6. The van der Waals surface area contributed by atoms with Crippen LogP contribution in [0.4, 0.5) is 5.69 Å². The van der Waals surface area contributed by atoms with Gasteiger partial charge in [0.25, 0.3) is 11.6 Å². The minimum atomic E-state index is -3.87. The number of aromatic nitrogens is 1. The summed E-state index contributed by atoms with van der Waals surface area (Å²) in [6.07, 6.45) is 0. The Morgan fingerprint density at radius 1 is 0.951 bits per heavy atom. The van der Waals surface area contributed by atoms with Gasteiger partial charge in [-0.15, -0.1) is 0 Å². The quantitative estimate of drug-likeness (QED) is 0.215. The molecule has 0 atom stereocenters. The van der Waals surface area contributed by atoms with Crippen LogP contribution in [0.15, 0.2) is 83.8 Å². The topological polar surface area (TPSA) is 115 Å². The lowest BCUT2D eigenvalue weighted by molar-refractivity contribution is -0.384. The summed E-state index contributed by atoms with van der Waals surface area (Å²) in [5.74, 6) is 0.495. The average Bonchev–Trinajstić information content (AvgIpc) is 3.33. The van der Waals surface area contributed by atoms with Gasteiger partial charge in [0.1, 0.15) is 5.75 Å². The van der Waals surface area contributed by atoms with Crippen LogP contribution in [-0.4, -0.2) is 66.3 Å². The molecule has 41 heavy (non-hydrogen) atoms. The molecule has 0 radical (unpaired) electrons. The zero-order valence-electron chi connectivity index (χ0n) is 22.4. The summed E-state index contributed by atoms with van der Waals surface area (Å²) in [5, 5.41) is 11.5. The lowest BCUT2D eigenvalue weighted by atomic mass is 10.1. The van der Waals surface area contributed by atoms with E-state index in [1.165, 1.54) is 28.6 Å². The molecule has 12 heteroatoms. The van der Waals surface area contributed by atoms with E-state index >= 15 is 0 Å². The molecule has 1 amide bonds. The summed E-state index contributed by atoms with van der Waals surface area (Å²) in [7, 11) is -2.27. The van der Waals surface area contributed by atoms with E-state index in [4.69, 9.17) is 16.3 Å². The van der Waals surface area contributed by atoms with Crippen LogP contribution in [0.25, 0.3) is 16.9 Å². The Morgan fingerprint density at radius 2 is 1.59 bits per heavy atom. The Labute approximate surface area is 242 Å². The fraction of sp³-hybridized carbons (Fsp3) is 0.207. The molecular weight excluding hydrogens is 568 g/mol. The van der Waals surface area contributed by atoms with Crippen LogP contribution in [0, 0.1) is 17.0 Å². The number of nitrogens with zero attached hydrogens (tertiary/aromatic N) is 4. The van der Waals surface area contributed by atoms with E-state index in [-0.39, 0.29) is 42.7 Å². The van der Waals surface area contributed by atoms with Crippen molar-refractivity contribution in [2.45, 2.75) is 11.8 Å². The highest BCUT2D eigenvalue weighted by Crippen LogP contribution is 2.34. The number of ether oxygens (including phenoxy) is 1. The van der Waals surface area contributed by atoms with Gasteiger partial charge in [-0.1, -0.05) is 23.7 Å². The minimum Gasteiger partial charge on any atom is -0.497 e. The first kappa shape index (κ1) is 28.3. The van der Waals surface area contributed by atoms with Crippen molar-refractivity contribution in [2.24, 2.45) is 0 Å². The maximum absolute atomic E-state index is 13.8. The molecule has 0 bridgehead atoms. The smallest absolute Gasteiger partial charge is 0.269 e. The van der Waals surface area contributed by atoms with Gasteiger partial charge in [-0.25, -0.2) is 8.42 Å². The van der Waals surface area contributed by atoms with Crippen molar-refractivity contribution in [3.8, 4) is 22.7 Å². The van der Waals surface area contributed by atoms with Gasteiger partial charge in [-0.05, 0) is 67.1 Å². The third-order valence-corrected chi connectivity index (χ3v) is 9.40. The van der Waals surface area contributed by atoms with Crippen LogP contribution in [0.5, 0.6) is 5.75 Å². The summed E-state index contributed by atoms with van der Waals surface area (Å²) in [4.78, 5) is 25.7. The molecule has 0 N–H and O–H groups in total. The van der Waals surface area contributed by atoms with Crippen LogP contribution < -0.4 is 4.74 Å². The number of hydrogen-bond donors (Lipinski definition) is 0. The van der Waals surface area contributed by atoms with Crippen molar-refractivity contribution in [1.82, 2.24) is 13.8 Å². The van der Waals surface area contributed by atoms with Gasteiger partial charge >= 0.3 is 0 Å². The molecule has 0 spiro atoms. The van der Waals surface area contributed by atoms with Crippen molar-refractivity contribution in [1.29, 1.82) is 0 Å². The molecule has 0 saturated carbocycles. The monoisotopic (exact) mass is 594 g/mol. The lowest BCUT2D eigenvalue weighted by Gasteiger charge is -2.34. The molecule has 1 aliphatic rings. The van der Waals surface area contributed by atoms with Gasteiger partial charge in [0.2, 0.25) is 10.0 Å². The summed E-state index contributed by atoms with van der Waals surface area (Å²) in [6, 6.07) is 21.5. The van der Waals surface area contributed by atoms with Crippen LogP contribution in [0.1, 0.15) is 16.1 Å². The predicted octanol–water partition coefficient (Wildman–Crippen LogP) is 5.17. The number of amides is 1. The van der Waals surface area contributed by atoms with Crippen molar-refractivity contribution >= 4 is 33.2 Å². The van der Waals surface area contributed by atoms with Crippen molar-refractivity contribution < 1.29 is 22.9 Å². The normalized spacial score (nSPS) is 14.2. The Kier molecular flexibility index (Phi) is 7.85. The van der Waals surface area contributed by atoms with Gasteiger partial charge in [0, 0.05) is 44.0 Å². The van der Waals surface area contributed by atoms with E-state index in [2.05, 4.69) is 0 Å². The molecular formula is C29H27ClN4O6S. The van der Waals surface area contributed by atoms with Crippen LogP contribution in [-0.2, 0) is 10.0 Å². The summed E-state index contributed by atoms with van der Waals surface area (Å²) >= 11 is 6.58. The van der Waals surface area contributed by atoms with Crippen LogP contribution in [0.3, 0.4) is 0 Å². The first-order valence-electron chi connectivity index (χ1n) is 12.8. The molecule has 212 valence electrons. The Morgan fingerprint density at radius 3 is 2.17 bits per heavy atom. The number of halogens is 1. The number of nitro benzene ring substituents is 1. The zero-order chi connectivity index (χ0) is 29.3. The Bertz CT molecular complexity index is 1710. The number of benzene rings is 3. The fourth-order valence-corrected chi connectivity index (χ4v) is 6.57. The van der Waals surface area contributed by atoms with E-state index in [9.17, 15) is 23.3 Å². The zero-order valence-corrected chi connectivity index (χ0v) is 23.9. The van der Waals surface area contributed by atoms with Crippen LogP contribution >= 0.6 is 11.6 Å². The summed E-state index contributed by atoms with van der Waals surface area (Å²) in [5.41, 5.74) is 3.38. The highest BCUT2D eigenvalue weighted by molar-refractivity contribution is 7.89. The van der Waals surface area contributed by atoms with E-state index in [1.807, 2.05) is 60.0 Å². The number of para-hydroxylation sites is 1. The van der Waals surface area contributed by atoms with Crippen molar-refractivity contribution in [2.75, 3.05) is 33.3 Å². The van der Waals surface area contributed by atoms with Gasteiger partial charge < -0.3 is 14.2 Å². The van der Waals surface area contributed by atoms with E-state index < -0.39 is 14.9 Å². The SMILES string of the molecule is COc1ccc(-c2cc(C(=O)N3CCN(S(=O)(=O)c4ccc([N+](=O)[O-])cc4)CC3)c(C)n2-c2ccccc2Cl)cc1. The molecule has 1 fully saturated rings. The fourth-order valence-electron chi connectivity index (χ4n) is 4.93. The van der Waals surface area contributed by atoms with Gasteiger partial charge in [0.15, 0.2) is 0 Å². The largest absolute Gasteiger partial charge is 0.497 e. The minimum absolute atomic E-state index is 0.0281. The summed E-state index contributed by atoms with van der Waals surface area (Å²) in [6.45, 7) is 2.44. The molecule has 2 heterocycles.